The van der Waals surface area contributed by atoms with Gasteiger partial charge in [-0.2, -0.15) is 0 Å². The molecule has 0 aromatic carbocycles. The third kappa shape index (κ3) is 4.00. The third-order valence-corrected chi connectivity index (χ3v) is 6.26. The number of hydrogen-bond donors (Lipinski definition) is 1. The van der Waals surface area contributed by atoms with Gasteiger partial charge in [-0.25, -0.2) is 0 Å². The minimum atomic E-state index is 0.725. The summed E-state index contributed by atoms with van der Waals surface area (Å²) >= 11 is 0. The molecule has 1 aliphatic heterocycles. The summed E-state index contributed by atoms with van der Waals surface area (Å²) in [5, 5.41) is 3.63. The van der Waals surface area contributed by atoms with Crippen LogP contribution in [-0.4, -0.2) is 61.2 Å². The van der Waals surface area contributed by atoms with E-state index in [4.69, 9.17) is 0 Å². The van der Waals surface area contributed by atoms with Crippen LogP contribution in [0.1, 0.15) is 64.2 Å². The summed E-state index contributed by atoms with van der Waals surface area (Å²) in [4.78, 5) is 5.61. The Labute approximate surface area is 131 Å². The lowest BCUT2D eigenvalue weighted by Crippen LogP contribution is -2.57. The fourth-order valence-electron chi connectivity index (χ4n) is 4.94. The van der Waals surface area contributed by atoms with E-state index in [1.807, 2.05) is 0 Å². The second-order valence-electron chi connectivity index (χ2n) is 7.46. The van der Waals surface area contributed by atoms with Gasteiger partial charge in [0, 0.05) is 44.3 Å². The van der Waals surface area contributed by atoms with Crippen molar-refractivity contribution in [2.75, 3.05) is 33.2 Å². The van der Waals surface area contributed by atoms with Crippen molar-refractivity contribution in [3.05, 3.63) is 0 Å². The van der Waals surface area contributed by atoms with Gasteiger partial charge in [0.25, 0.3) is 0 Å². The monoisotopic (exact) mass is 293 g/mol. The predicted octanol–water partition coefficient (Wildman–Crippen LogP) is 2.86. The van der Waals surface area contributed by atoms with Crippen LogP contribution in [0.15, 0.2) is 0 Å². The van der Waals surface area contributed by atoms with E-state index in [1.165, 1.54) is 90.4 Å². The third-order valence-electron chi connectivity index (χ3n) is 6.26. The highest BCUT2D eigenvalue weighted by molar-refractivity contribution is 4.89. The number of piperazine rings is 1. The first kappa shape index (κ1) is 15.8. The van der Waals surface area contributed by atoms with E-state index < -0.39 is 0 Å². The van der Waals surface area contributed by atoms with Crippen molar-refractivity contribution in [1.29, 1.82) is 0 Å². The highest BCUT2D eigenvalue weighted by atomic mass is 15.3. The van der Waals surface area contributed by atoms with Crippen molar-refractivity contribution in [2.24, 2.45) is 0 Å². The van der Waals surface area contributed by atoms with Crippen molar-refractivity contribution < 1.29 is 0 Å². The van der Waals surface area contributed by atoms with Gasteiger partial charge in [0.2, 0.25) is 0 Å². The molecule has 3 rings (SSSR count). The maximum absolute atomic E-state index is 3.63. The van der Waals surface area contributed by atoms with Crippen molar-refractivity contribution in [2.45, 2.75) is 82.3 Å². The summed E-state index contributed by atoms with van der Waals surface area (Å²) in [7, 11) is 2.17. The normalized spacial score (nSPS) is 34.7. The molecule has 122 valence electrons. The Balaban J connectivity index is 1.53. The van der Waals surface area contributed by atoms with Crippen LogP contribution in [0.3, 0.4) is 0 Å². The summed E-state index contributed by atoms with van der Waals surface area (Å²) in [6.07, 6.45) is 14.4. The number of hydrogen-bond acceptors (Lipinski definition) is 3. The zero-order chi connectivity index (χ0) is 14.5. The van der Waals surface area contributed by atoms with E-state index in [-0.39, 0.29) is 0 Å². The molecule has 3 nitrogen and oxygen atoms in total. The molecule has 2 unspecified atom stereocenters. The van der Waals surface area contributed by atoms with Crippen LogP contribution in [0.2, 0.25) is 0 Å². The van der Waals surface area contributed by atoms with Crippen LogP contribution in [0, 0.1) is 0 Å². The second-order valence-corrected chi connectivity index (χ2v) is 7.46. The Kier molecular flexibility index (Phi) is 5.96. The maximum Gasteiger partial charge on any atom is 0.0250 e. The van der Waals surface area contributed by atoms with Gasteiger partial charge in [-0.3, -0.25) is 9.80 Å². The van der Waals surface area contributed by atoms with Crippen molar-refractivity contribution in [1.82, 2.24) is 15.1 Å². The topological polar surface area (TPSA) is 18.5 Å². The number of nitrogens with one attached hydrogen (secondary N) is 1. The molecule has 2 atom stereocenters. The first-order valence-electron chi connectivity index (χ1n) is 9.54. The molecular formula is C18H35N3. The number of rotatable bonds is 3. The lowest BCUT2D eigenvalue weighted by molar-refractivity contribution is 0.0504. The lowest BCUT2D eigenvalue weighted by atomic mass is 9.90. The quantitative estimate of drug-likeness (QED) is 0.863. The predicted molar refractivity (Wildman–Crippen MR) is 89.7 cm³/mol. The molecule has 0 bridgehead atoms. The average Bonchev–Trinajstić information content (AvgIpc) is 3.02. The highest BCUT2D eigenvalue weighted by Crippen LogP contribution is 2.27. The van der Waals surface area contributed by atoms with E-state index in [9.17, 15) is 0 Å². The Morgan fingerprint density at radius 3 is 1.90 bits per heavy atom. The van der Waals surface area contributed by atoms with Crippen LogP contribution in [0.5, 0.6) is 0 Å². The standard InChI is InChI=1S/C18H35N3/c1-19-17-10-4-2-3-5-11-18(17)21-14-12-20(13-15-21)16-8-6-7-9-16/h16-19H,2-15H2,1H3. The molecule has 0 amide bonds. The molecule has 3 aliphatic rings. The van der Waals surface area contributed by atoms with Crippen LogP contribution in [0.4, 0.5) is 0 Å². The molecule has 3 heteroatoms. The smallest absolute Gasteiger partial charge is 0.0250 e. The van der Waals surface area contributed by atoms with Gasteiger partial charge in [0.15, 0.2) is 0 Å². The summed E-state index contributed by atoms with van der Waals surface area (Å²) < 4.78 is 0. The van der Waals surface area contributed by atoms with Crippen molar-refractivity contribution in [3.63, 3.8) is 0 Å². The molecule has 0 aromatic rings. The van der Waals surface area contributed by atoms with Gasteiger partial charge in [0.1, 0.15) is 0 Å². The molecule has 1 saturated heterocycles. The van der Waals surface area contributed by atoms with Crippen molar-refractivity contribution in [3.8, 4) is 0 Å². The molecule has 1 heterocycles. The second kappa shape index (κ2) is 7.94. The number of nitrogens with zero attached hydrogens (tertiary/aromatic N) is 2. The first-order valence-corrected chi connectivity index (χ1v) is 9.54. The maximum atomic E-state index is 3.63. The first-order chi connectivity index (χ1) is 10.4. The molecule has 0 spiro atoms. The molecule has 0 aromatic heterocycles. The minimum absolute atomic E-state index is 0.725. The Morgan fingerprint density at radius 2 is 1.24 bits per heavy atom. The van der Waals surface area contributed by atoms with Gasteiger partial charge >= 0.3 is 0 Å². The summed E-state index contributed by atoms with van der Waals surface area (Å²) in [6.45, 7) is 5.24. The molecule has 2 saturated carbocycles. The van der Waals surface area contributed by atoms with Gasteiger partial charge in [-0.15, -0.1) is 0 Å². The lowest BCUT2D eigenvalue weighted by Gasteiger charge is -2.44. The fourth-order valence-corrected chi connectivity index (χ4v) is 4.94. The Hall–Kier alpha value is -0.120. The zero-order valence-corrected chi connectivity index (χ0v) is 14.0. The van der Waals surface area contributed by atoms with Gasteiger partial charge < -0.3 is 5.32 Å². The summed E-state index contributed by atoms with van der Waals surface area (Å²) in [6, 6.07) is 2.44. The van der Waals surface area contributed by atoms with Crippen molar-refractivity contribution >= 4 is 0 Å². The average molecular weight is 293 g/mol. The summed E-state index contributed by atoms with van der Waals surface area (Å²) in [5.41, 5.74) is 0. The molecular weight excluding hydrogens is 258 g/mol. The van der Waals surface area contributed by atoms with Gasteiger partial charge in [0.05, 0.1) is 0 Å². The van der Waals surface area contributed by atoms with E-state index in [0.29, 0.717) is 0 Å². The SMILES string of the molecule is CNC1CCCCCCC1N1CCN(C2CCCC2)CC1. The largest absolute Gasteiger partial charge is 0.315 e. The highest BCUT2D eigenvalue weighted by Gasteiger charge is 2.32. The van der Waals surface area contributed by atoms with E-state index in [0.717, 1.165) is 18.1 Å². The van der Waals surface area contributed by atoms with Crippen LogP contribution in [-0.2, 0) is 0 Å². The van der Waals surface area contributed by atoms with Crippen LogP contribution >= 0.6 is 0 Å². The van der Waals surface area contributed by atoms with E-state index in [2.05, 4.69) is 22.2 Å². The Morgan fingerprint density at radius 1 is 0.667 bits per heavy atom. The van der Waals surface area contributed by atoms with E-state index in [1.54, 1.807) is 0 Å². The molecule has 21 heavy (non-hydrogen) atoms. The number of likely N-dealkylation sites (N-methyl/N-ethyl adjacent to an activating group) is 1. The van der Waals surface area contributed by atoms with Gasteiger partial charge in [-0.05, 0) is 32.7 Å². The van der Waals surface area contributed by atoms with Crippen LogP contribution in [0.25, 0.3) is 0 Å². The van der Waals surface area contributed by atoms with E-state index >= 15 is 0 Å². The molecule has 3 fully saturated rings. The van der Waals surface area contributed by atoms with Crippen LogP contribution < -0.4 is 5.32 Å². The minimum Gasteiger partial charge on any atom is -0.315 e. The van der Waals surface area contributed by atoms with Gasteiger partial charge in [-0.1, -0.05) is 38.5 Å². The molecule has 2 aliphatic carbocycles. The molecule has 0 radical (unpaired) electrons. The summed E-state index contributed by atoms with van der Waals surface area (Å²) in [5.74, 6) is 0. The zero-order valence-electron chi connectivity index (χ0n) is 14.0. The molecule has 1 N–H and O–H groups in total. The Bertz CT molecular complexity index is 293. The fraction of sp³-hybridized carbons (Fsp3) is 1.00.